The molecule has 2 rings (SSSR count). The molecule has 0 fully saturated rings. The van der Waals surface area contributed by atoms with Gasteiger partial charge in [0.2, 0.25) is 0 Å². The van der Waals surface area contributed by atoms with Crippen LogP contribution in [0.5, 0.6) is 5.75 Å². The maximum atomic E-state index is 5.31. The van der Waals surface area contributed by atoms with Crippen molar-refractivity contribution in [3.8, 4) is 5.75 Å². The largest absolute Gasteiger partial charge is 0.497 e. The van der Waals surface area contributed by atoms with Gasteiger partial charge in [-0.1, -0.05) is 36.7 Å². The third-order valence-electron chi connectivity index (χ3n) is 2.97. The highest BCUT2D eigenvalue weighted by Crippen LogP contribution is 2.34. The molecule has 1 aliphatic heterocycles. The number of rotatable bonds is 2. The van der Waals surface area contributed by atoms with Crippen LogP contribution < -0.4 is 4.74 Å². The molecule has 0 amide bonds. The molecular weight excluding hydrogens is 278 g/mol. The van der Waals surface area contributed by atoms with Gasteiger partial charge in [-0.2, -0.15) is 0 Å². The van der Waals surface area contributed by atoms with Crippen molar-refractivity contribution in [2.75, 3.05) is 13.7 Å². The van der Waals surface area contributed by atoms with Gasteiger partial charge in [-0.25, -0.2) is 0 Å². The van der Waals surface area contributed by atoms with E-state index >= 15 is 0 Å². The van der Waals surface area contributed by atoms with Crippen LogP contribution in [-0.4, -0.2) is 18.6 Å². The second kappa shape index (κ2) is 4.62. The van der Waals surface area contributed by atoms with Crippen LogP contribution in [0.3, 0.4) is 0 Å². The molecule has 0 spiro atoms. The van der Waals surface area contributed by atoms with E-state index in [2.05, 4.69) is 53.7 Å². The number of nitrogens with zero attached hydrogens (tertiary/aromatic N) is 1. The Morgan fingerprint density at radius 1 is 1.29 bits per heavy atom. The number of fused-ring (bicyclic) bond motifs is 1. The van der Waals surface area contributed by atoms with Crippen molar-refractivity contribution in [3.05, 3.63) is 27.7 Å². The van der Waals surface area contributed by atoms with Crippen LogP contribution >= 0.6 is 15.9 Å². The maximum Gasteiger partial charge on any atom is 0.120 e. The molecular formula is C14H20BrNO. The van der Waals surface area contributed by atoms with Gasteiger partial charge in [0.25, 0.3) is 0 Å². The van der Waals surface area contributed by atoms with E-state index in [9.17, 15) is 0 Å². The molecule has 0 N–H and O–H groups in total. The number of ether oxygens (including phenoxy) is 1. The topological polar surface area (TPSA) is 12.5 Å². The lowest BCUT2D eigenvalue weighted by Gasteiger charge is -2.25. The van der Waals surface area contributed by atoms with Crippen LogP contribution in [0.4, 0.5) is 0 Å². The zero-order valence-corrected chi connectivity index (χ0v) is 12.6. The van der Waals surface area contributed by atoms with E-state index in [-0.39, 0.29) is 0 Å². The van der Waals surface area contributed by atoms with Crippen molar-refractivity contribution in [2.45, 2.75) is 33.9 Å². The summed E-state index contributed by atoms with van der Waals surface area (Å²) < 4.78 is 6.48. The lowest BCUT2D eigenvalue weighted by Crippen LogP contribution is -2.28. The molecule has 0 radical (unpaired) electrons. The smallest absolute Gasteiger partial charge is 0.120 e. The molecule has 1 aromatic rings. The van der Waals surface area contributed by atoms with Gasteiger partial charge in [0.05, 0.1) is 7.11 Å². The fourth-order valence-corrected chi connectivity index (χ4v) is 3.01. The van der Waals surface area contributed by atoms with E-state index < -0.39 is 0 Å². The minimum absolute atomic E-state index is 0.346. The number of halogens is 1. The number of hydrogen-bond acceptors (Lipinski definition) is 2. The molecule has 1 heterocycles. The molecule has 1 aliphatic rings. The van der Waals surface area contributed by atoms with Gasteiger partial charge < -0.3 is 4.74 Å². The summed E-state index contributed by atoms with van der Waals surface area (Å²) in [6.45, 7) is 10.0. The van der Waals surface area contributed by atoms with Gasteiger partial charge >= 0.3 is 0 Å². The van der Waals surface area contributed by atoms with Crippen molar-refractivity contribution in [2.24, 2.45) is 5.41 Å². The SMILES string of the molecule is COc1cc(Br)c2c(c1)CN(CC(C)(C)C)C2. The Morgan fingerprint density at radius 3 is 2.59 bits per heavy atom. The summed E-state index contributed by atoms with van der Waals surface area (Å²) in [7, 11) is 1.72. The maximum absolute atomic E-state index is 5.31. The highest BCUT2D eigenvalue weighted by atomic mass is 79.9. The Hall–Kier alpha value is -0.540. The normalized spacial score (nSPS) is 16.1. The summed E-state index contributed by atoms with van der Waals surface area (Å²) in [6.07, 6.45) is 0. The molecule has 0 aliphatic carbocycles. The average Bonchev–Trinajstić information content (AvgIpc) is 2.57. The first-order chi connectivity index (χ1) is 7.89. The molecule has 0 aromatic heterocycles. The molecule has 3 heteroatoms. The van der Waals surface area contributed by atoms with Crippen LogP contribution in [0, 0.1) is 5.41 Å². The minimum atomic E-state index is 0.346. The van der Waals surface area contributed by atoms with Crippen molar-refractivity contribution in [1.29, 1.82) is 0 Å². The first-order valence-corrected chi connectivity index (χ1v) is 6.76. The number of methoxy groups -OCH3 is 1. The van der Waals surface area contributed by atoms with Crippen LogP contribution in [0.2, 0.25) is 0 Å². The quantitative estimate of drug-likeness (QED) is 0.823. The van der Waals surface area contributed by atoms with E-state index in [1.54, 1.807) is 7.11 Å². The molecule has 0 saturated heterocycles. The molecule has 0 unspecified atom stereocenters. The van der Waals surface area contributed by atoms with Gasteiger partial charge in [-0.15, -0.1) is 0 Å². The second-order valence-corrected chi connectivity index (χ2v) is 6.81. The van der Waals surface area contributed by atoms with Gasteiger partial charge in [-0.05, 0) is 28.7 Å². The highest BCUT2D eigenvalue weighted by Gasteiger charge is 2.25. The van der Waals surface area contributed by atoms with Gasteiger partial charge in [0.15, 0.2) is 0 Å². The van der Waals surface area contributed by atoms with Crippen molar-refractivity contribution < 1.29 is 4.74 Å². The first-order valence-electron chi connectivity index (χ1n) is 5.97. The lowest BCUT2D eigenvalue weighted by atomic mass is 9.96. The average molecular weight is 298 g/mol. The van der Waals surface area contributed by atoms with Crippen molar-refractivity contribution in [1.82, 2.24) is 4.90 Å². The fourth-order valence-electron chi connectivity index (χ4n) is 2.40. The van der Waals surface area contributed by atoms with Gasteiger partial charge in [0.1, 0.15) is 5.75 Å². The summed E-state index contributed by atoms with van der Waals surface area (Å²) in [6, 6.07) is 4.21. The second-order valence-electron chi connectivity index (χ2n) is 5.95. The highest BCUT2D eigenvalue weighted by molar-refractivity contribution is 9.10. The molecule has 0 bridgehead atoms. The third kappa shape index (κ3) is 3.02. The Labute approximate surface area is 112 Å². The molecule has 94 valence electrons. The monoisotopic (exact) mass is 297 g/mol. The summed E-state index contributed by atoms with van der Waals surface area (Å²) in [5.74, 6) is 0.938. The van der Waals surface area contributed by atoms with E-state index in [0.717, 1.165) is 25.4 Å². The zero-order chi connectivity index (χ0) is 12.6. The molecule has 0 atom stereocenters. The van der Waals surface area contributed by atoms with Crippen molar-refractivity contribution >= 4 is 15.9 Å². The predicted molar refractivity (Wildman–Crippen MR) is 74.3 cm³/mol. The summed E-state index contributed by atoms with van der Waals surface area (Å²) in [5, 5.41) is 0. The van der Waals surface area contributed by atoms with Crippen molar-refractivity contribution in [3.63, 3.8) is 0 Å². The van der Waals surface area contributed by atoms with E-state index in [1.807, 2.05) is 0 Å². The Bertz CT molecular complexity index is 423. The third-order valence-corrected chi connectivity index (χ3v) is 3.68. The lowest BCUT2D eigenvalue weighted by molar-refractivity contribution is 0.193. The summed E-state index contributed by atoms with van der Waals surface area (Å²) in [4.78, 5) is 2.49. The van der Waals surface area contributed by atoms with E-state index in [1.165, 1.54) is 15.6 Å². The molecule has 2 nitrogen and oxygen atoms in total. The predicted octanol–water partition coefficient (Wildman–Crippen LogP) is 3.82. The molecule has 1 aromatic carbocycles. The molecule has 0 saturated carbocycles. The number of benzene rings is 1. The summed E-state index contributed by atoms with van der Waals surface area (Å²) >= 11 is 3.64. The van der Waals surface area contributed by atoms with Crippen LogP contribution in [0.15, 0.2) is 16.6 Å². The van der Waals surface area contributed by atoms with Crippen LogP contribution in [0.25, 0.3) is 0 Å². The molecule has 17 heavy (non-hydrogen) atoms. The number of hydrogen-bond donors (Lipinski definition) is 0. The van der Waals surface area contributed by atoms with E-state index in [4.69, 9.17) is 4.74 Å². The van der Waals surface area contributed by atoms with E-state index in [0.29, 0.717) is 5.41 Å². The fraction of sp³-hybridized carbons (Fsp3) is 0.571. The van der Waals surface area contributed by atoms with Gasteiger partial charge in [0, 0.05) is 24.1 Å². The van der Waals surface area contributed by atoms with Gasteiger partial charge in [-0.3, -0.25) is 4.90 Å². The summed E-state index contributed by atoms with van der Waals surface area (Å²) in [5.41, 5.74) is 3.15. The minimum Gasteiger partial charge on any atom is -0.497 e. The van der Waals surface area contributed by atoms with Crippen LogP contribution in [-0.2, 0) is 13.1 Å². The Balaban J connectivity index is 2.19. The first kappa shape index (κ1) is 12.9. The zero-order valence-electron chi connectivity index (χ0n) is 11.0. The van der Waals surface area contributed by atoms with Crippen LogP contribution in [0.1, 0.15) is 31.9 Å². The standard InChI is InChI=1S/C14H20BrNO/c1-14(2,3)9-16-7-10-5-11(17-4)6-13(15)12(10)8-16/h5-6H,7-9H2,1-4H3. The Morgan fingerprint density at radius 2 is 2.00 bits per heavy atom. The Kier molecular flexibility index (Phi) is 3.50.